The van der Waals surface area contributed by atoms with Gasteiger partial charge in [0.1, 0.15) is 0 Å². The number of primary amides is 1. The molecule has 1 amide bonds. The molecule has 126 valence electrons. The Morgan fingerprint density at radius 3 is 2.56 bits per heavy atom. The Balaban J connectivity index is 1.57. The lowest BCUT2D eigenvalue weighted by molar-refractivity contribution is -0.124. The summed E-state index contributed by atoms with van der Waals surface area (Å²) in [6.45, 7) is 1.37. The van der Waals surface area contributed by atoms with E-state index in [4.69, 9.17) is 5.73 Å². The lowest BCUT2D eigenvalue weighted by atomic mass is 9.93. The van der Waals surface area contributed by atoms with Crippen LogP contribution in [0.5, 0.6) is 0 Å². The van der Waals surface area contributed by atoms with Crippen LogP contribution < -0.4 is 5.73 Å². The van der Waals surface area contributed by atoms with E-state index in [-0.39, 0.29) is 11.9 Å². The second-order valence-corrected chi connectivity index (χ2v) is 6.42. The highest BCUT2D eigenvalue weighted by Crippen LogP contribution is 2.25. The summed E-state index contributed by atoms with van der Waals surface area (Å²) in [5.41, 5.74) is 10.2. The number of nitrogens with zero attached hydrogens (tertiary/aromatic N) is 3. The number of hydrogen-bond acceptors (Lipinski definition) is 3. The first kappa shape index (κ1) is 15.6. The molecular weight excluding hydrogens is 312 g/mol. The molecule has 0 bridgehead atoms. The monoisotopic (exact) mass is 332 g/mol. The maximum absolute atomic E-state index is 12.0. The van der Waals surface area contributed by atoms with Gasteiger partial charge in [-0.15, -0.1) is 0 Å². The van der Waals surface area contributed by atoms with Crippen LogP contribution in [0.3, 0.4) is 0 Å². The first-order valence-corrected chi connectivity index (χ1v) is 8.40. The van der Waals surface area contributed by atoms with Crippen molar-refractivity contribution in [3.8, 4) is 5.69 Å². The Morgan fingerprint density at radius 2 is 1.80 bits per heavy atom. The van der Waals surface area contributed by atoms with Gasteiger partial charge >= 0.3 is 0 Å². The highest BCUT2D eigenvalue weighted by atomic mass is 16.1. The molecule has 1 aliphatic heterocycles. The smallest absolute Gasteiger partial charge is 0.235 e. The zero-order chi connectivity index (χ0) is 17.2. The van der Waals surface area contributed by atoms with E-state index in [1.807, 2.05) is 59.5 Å². The van der Waals surface area contributed by atoms with Crippen molar-refractivity contribution in [2.75, 3.05) is 0 Å². The van der Waals surface area contributed by atoms with Gasteiger partial charge in [0.15, 0.2) is 0 Å². The van der Waals surface area contributed by atoms with Crippen LogP contribution in [0, 0.1) is 0 Å². The van der Waals surface area contributed by atoms with Crippen molar-refractivity contribution in [3.05, 3.63) is 83.7 Å². The second-order valence-electron chi connectivity index (χ2n) is 6.42. The highest BCUT2D eigenvalue weighted by molar-refractivity contribution is 5.80. The van der Waals surface area contributed by atoms with Crippen LogP contribution >= 0.6 is 0 Å². The van der Waals surface area contributed by atoms with Crippen molar-refractivity contribution >= 4 is 5.91 Å². The van der Waals surface area contributed by atoms with Gasteiger partial charge in [-0.25, -0.2) is 4.68 Å². The predicted octanol–water partition coefficient (Wildman–Crippen LogP) is 2.28. The number of fused-ring (bicyclic) bond motifs is 1. The van der Waals surface area contributed by atoms with E-state index in [9.17, 15) is 4.79 Å². The number of rotatable bonds is 4. The van der Waals surface area contributed by atoms with Crippen LogP contribution in [0.25, 0.3) is 5.69 Å². The maximum atomic E-state index is 12.0. The molecular formula is C20H20N4O. The zero-order valence-electron chi connectivity index (χ0n) is 13.9. The van der Waals surface area contributed by atoms with Crippen LogP contribution in [0.15, 0.2) is 67.0 Å². The SMILES string of the molecule is NC(=O)C1Cc2ccccc2CN1Cc1cnn(-c2ccccc2)c1. The molecule has 0 spiro atoms. The number of hydrogen-bond donors (Lipinski definition) is 1. The number of amides is 1. The molecule has 2 heterocycles. The van der Waals surface area contributed by atoms with Crippen molar-refractivity contribution < 1.29 is 4.79 Å². The number of benzene rings is 2. The summed E-state index contributed by atoms with van der Waals surface area (Å²) in [5, 5.41) is 4.44. The van der Waals surface area contributed by atoms with Gasteiger partial charge in [-0.05, 0) is 29.7 Å². The summed E-state index contributed by atoms with van der Waals surface area (Å²) in [7, 11) is 0. The summed E-state index contributed by atoms with van der Waals surface area (Å²) in [5.74, 6) is -0.273. The minimum atomic E-state index is -0.282. The molecule has 0 fully saturated rings. The standard InChI is InChI=1S/C20H20N4O/c21-20(25)19-10-16-6-4-5-7-17(16)14-23(19)12-15-11-22-24(13-15)18-8-2-1-3-9-18/h1-9,11,13,19H,10,12,14H2,(H2,21,25). The number of carbonyl (C=O) groups excluding carboxylic acids is 1. The summed E-state index contributed by atoms with van der Waals surface area (Å²) >= 11 is 0. The molecule has 5 nitrogen and oxygen atoms in total. The molecule has 25 heavy (non-hydrogen) atoms. The van der Waals surface area contributed by atoms with Gasteiger partial charge in [-0.1, -0.05) is 42.5 Å². The summed E-state index contributed by atoms with van der Waals surface area (Å²) in [6, 6.07) is 17.9. The van der Waals surface area contributed by atoms with Crippen LogP contribution in [-0.4, -0.2) is 26.6 Å². The fourth-order valence-corrected chi connectivity index (χ4v) is 3.42. The first-order valence-electron chi connectivity index (χ1n) is 8.40. The van der Waals surface area contributed by atoms with E-state index >= 15 is 0 Å². The van der Waals surface area contributed by atoms with Gasteiger partial charge in [0.25, 0.3) is 0 Å². The van der Waals surface area contributed by atoms with Crippen LogP contribution in [-0.2, 0) is 24.3 Å². The Kier molecular flexibility index (Phi) is 4.07. The molecule has 4 rings (SSSR count). The average Bonchev–Trinajstić information content (AvgIpc) is 3.10. The highest BCUT2D eigenvalue weighted by Gasteiger charge is 2.30. The van der Waals surface area contributed by atoms with Crippen LogP contribution in [0.1, 0.15) is 16.7 Å². The Bertz CT molecular complexity index is 887. The molecule has 1 atom stereocenters. The fourth-order valence-electron chi connectivity index (χ4n) is 3.42. The molecule has 1 aromatic heterocycles. The second kappa shape index (κ2) is 6.53. The van der Waals surface area contributed by atoms with E-state index in [1.54, 1.807) is 0 Å². The van der Waals surface area contributed by atoms with E-state index in [1.165, 1.54) is 11.1 Å². The molecule has 5 heteroatoms. The molecule has 1 unspecified atom stereocenters. The van der Waals surface area contributed by atoms with Crippen molar-refractivity contribution in [2.45, 2.75) is 25.6 Å². The molecule has 0 saturated carbocycles. The van der Waals surface area contributed by atoms with Crippen molar-refractivity contribution in [1.29, 1.82) is 0 Å². The van der Waals surface area contributed by atoms with Crippen LogP contribution in [0.4, 0.5) is 0 Å². The molecule has 2 aromatic carbocycles. The molecule has 3 aromatic rings. The topological polar surface area (TPSA) is 64.2 Å². The third-order valence-corrected chi connectivity index (χ3v) is 4.72. The van der Waals surface area contributed by atoms with Crippen molar-refractivity contribution in [2.24, 2.45) is 5.73 Å². The van der Waals surface area contributed by atoms with Gasteiger partial charge in [0.05, 0.1) is 17.9 Å². The number of aromatic nitrogens is 2. The zero-order valence-corrected chi connectivity index (χ0v) is 13.9. The van der Waals surface area contributed by atoms with Gasteiger partial charge in [-0.2, -0.15) is 5.10 Å². The molecule has 2 N–H and O–H groups in total. The maximum Gasteiger partial charge on any atom is 0.235 e. The third-order valence-electron chi connectivity index (χ3n) is 4.72. The molecule has 1 aliphatic rings. The van der Waals surface area contributed by atoms with Crippen LogP contribution in [0.2, 0.25) is 0 Å². The average molecular weight is 332 g/mol. The largest absolute Gasteiger partial charge is 0.368 e. The van der Waals surface area contributed by atoms with Gasteiger partial charge in [0, 0.05) is 24.8 Å². The Hall–Kier alpha value is -2.92. The summed E-state index contributed by atoms with van der Waals surface area (Å²) in [6.07, 6.45) is 4.53. The number of carbonyl (C=O) groups is 1. The summed E-state index contributed by atoms with van der Waals surface area (Å²) in [4.78, 5) is 14.1. The van der Waals surface area contributed by atoms with Crippen molar-refractivity contribution in [3.63, 3.8) is 0 Å². The number of para-hydroxylation sites is 1. The van der Waals surface area contributed by atoms with E-state index < -0.39 is 0 Å². The predicted molar refractivity (Wildman–Crippen MR) is 95.9 cm³/mol. The molecule has 0 saturated heterocycles. The summed E-state index contributed by atoms with van der Waals surface area (Å²) < 4.78 is 1.85. The Labute approximate surface area is 146 Å². The lowest BCUT2D eigenvalue weighted by Gasteiger charge is -2.34. The van der Waals surface area contributed by atoms with E-state index in [0.29, 0.717) is 13.0 Å². The van der Waals surface area contributed by atoms with Gasteiger partial charge < -0.3 is 5.73 Å². The fraction of sp³-hybridized carbons (Fsp3) is 0.200. The van der Waals surface area contributed by atoms with Gasteiger partial charge in [0.2, 0.25) is 5.91 Å². The first-order chi connectivity index (χ1) is 12.2. The quantitative estimate of drug-likeness (QED) is 0.797. The lowest BCUT2D eigenvalue weighted by Crippen LogP contribution is -2.48. The normalized spacial score (nSPS) is 17.2. The minimum absolute atomic E-state index is 0.273. The minimum Gasteiger partial charge on any atom is -0.368 e. The molecule has 0 radical (unpaired) electrons. The van der Waals surface area contributed by atoms with Crippen molar-refractivity contribution in [1.82, 2.24) is 14.7 Å². The Morgan fingerprint density at radius 1 is 1.08 bits per heavy atom. The van der Waals surface area contributed by atoms with Gasteiger partial charge in [-0.3, -0.25) is 9.69 Å². The van der Waals surface area contributed by atoms with E-state index in [2.05, 4.69) is 22.1 Å². The number of nitrogens with two attached hydrogens (primary N) is 1. The molecule has 0 aliphatic carbocycles. The van der Waals surface area contributed by atoms with E-state index in [0.717, 1.165) is 17.8 Å². The third kappa shape index (κ3) is 3.19.